The summed E-state index contributed by atoms with van der Waals surface area (Å²) in [7, 11) is 0. The van der Waals surface area contributed by atoms with Gasteiger partial charge in [0, 0.05) is 6.42 Å². The lowest BCUT2D eigenvalue weighted by atomic mass is 10.0. The first-order valence-electron chi connectivity index (χ1n) is 17.5. The molecule has 0 spiro atoms. The molecule has 0 aromatic rings. The number of hydrogen-bond acceptors (Lipinski definition) is 4. The second kappa shape index (κ2) is 31.0. The van der Waals surface area contributed by atoms with Crippen LogP contribution in [0.15, 0.2) is 12.2 Å². The van der Waals surface area contributed by atoms with Crippen molar-refractivity contribution in [3.8, 4) is 0 Å². The van der Waals surface area contributed by atoms with Crippen molar-refractivity contribution in [3.05, 3.63) is 12.2 Å². The molecule has 3 unspecified atom stereocenters. The maximum absolute atomic E-state index is 12.3. The molecule has 0 rings (SSSR count). The topological polar surface area (TPSA) is 89.8 Å². The summed E-state index contributed by atoms with van der Waals surface area (Å²) in [5.41, 5.74) is 0. The van der Waals surface area contributed by atoms with Crippen LogP contribution in [-0.4, -0.2) is 46.1 Å². The molecule has 5 nitrogen and oxygen atoms in total. The second-order valence-corrected chi connectivity index (χ2v) is 12.1. The molecule has 0 bridgehead atoms. The Morgan fingerprint density at radius 2 is 1.00 bits per heavy atom. The molecule has 1 amide bonds. The number of hydrogen-bond donors (Lipinski definition) is 4. The van der Waals surface area contributed by atoms with Gasteiger partial charge in [0.1, 0.15) is 6.10 Å². The zero-order chi connectivity index (χ0) is 29.5. The molecule has 238 valence electrons. The number of nitrogens with one attached hydrogen (secondary N) is 1. The first-order chi connectivity index (χ1) is 19.6. The minimum atomic E-state index is -1.15. The molecule has 0 aliphatic heterocycles. The second-order valence-electron chi connectivity index (χ2n) is 12.1. The molecule has 5 heteroatoms. The SMILES string of the molecule is CCCCCCCCCCC/C=C/CCCC(O)C(O)C(CO)NC(=O)CCCCCCCCCCCCCC. The lowest BCUT2D eigenvalue weighted by Gasteiger charge is -2.26. The number of aliphatic hydroxyl groups excluding tert-OH is 3. The number of rotatable bonds is 31. The summed E-state index contributed by atoms with van der Waals surface area (Å²) >= 11 is 0. The van der Waals surface area contributed by atoms with Crippen molar-refractivity contribution in [2.45, 2.75) is 199 Å². The first-order valence-corrected chi connectivity index (χ1v) is 17.5. The highest BCUT2D eigenvalue weighted by Gasteiger charge is 2.26. The summed E-state index contributed by atoms with van der Waals surface area (Å²) in [4.78, 5) is 12.3. The van der Waals surface area contributed by atoms with Crippen molar-refractivity contribution in [1.29, 1.82) is 0 Å². The molecule has 0 heterocycles. The molecule has 3 atom stereocenters. The maximum atomic E-state index is 12.3. The standard InChI is InChI=1S/C35H69NO4/c1-3-5-7-9-11-13-15-17-18-19-21-23-25-27-29-33(38)35(40)32(31-37)36-34(39)30-28-26-24-22-20-16-14-12-10-8-6-4-2/h21,23,32-33,35,37-38,40H,3-20,22,24-31H2,1-2H3,(H,36,39)/b23-21+. The Morgan fingerprint density at radius 3 is 1.45 bits per heavy atom. The van der Waals surface area contributed by atoms with Gasteiger partial charge in [0.05, 0.1) is 18.8 Å². The van der Waals surface area contributed by atoms with Crippen molar-refractivity contribution >= 4 is 5.91 Å². The molecule has 0 radical (unpaired) electrons. The number of carbonyl (C=O) groups excluding carboxylic acids is 1. The van der Waals surface area contributed by atoms with Crippen molar-refractivity contribution < 1.29 is 20.1 Å². The van der Waals surface area contributed by atoms with Gasteiger partial charge in [-0.3, -0.25) is 4.79 Å². The van der Waals surface area contributed by atoms with Gasteiger partial charge in [0.25, 0.3) is 0 Å². The molecule has 0 saturated carbocycles. The van der Waals surface area contributed by atoms with Crippen LogP contribution < -0.4 is 5.32 Å². The fourth-order valence-electron chi connectivity index (χ4n) is 5.34. The summed E-state index contributed by atoms with van der Waals surface area (Å²) in [6.07, 6.45) is 33.0. The molecule has 4 N–H and O–H groups in total. The van der Waals surface area contributed by atoms with E-state index in [0.29, 0.717) is 12.8 Å². The summed E-state index contributed by atoms with van der Waals surface area (Å²) in [6.45, 7) is 4.14. The lowest BCUT2D eigenvalue weighted by Crippen LogP contribution is -2.50. The molecule has 0 aromatic heterocycles. The lowest BCUT2D eigenvalue weighted by molar-refractivity contribution is -0.124. The van der Waals surface area contributed by atoms with Gasteiger partial charge in [-0.1, -0.05) is 148 Å². The van der Waals surface area contributed by atoms with Crippen LogP contribution in [0.5, 0.6) is 0 Å². The van der Waals surface area contributed by atoms with E-state index in [0.717, 1.165) is 38.5 Å². The van der Waals surface area contributed by atoms with Gasteiger partial charge in [0.15, 0.2) is 0 Å². The van der Waals surface area contributed by atoms with E-state index >= 15 is 0 Å². The normalized spacial score (nSPS) is 14.0. The van der Waals surface area contributed by atoms with E-state index in [-0.39, 0.29) is 12.5 Å². The van der Waals surface area contributed by atoms with Crippen molar-refractivity contribution in [1.82, 2.24) is 5.32 Å². The van der Waals surface area contributed by atoms with Crippen LogP contribution >= 0.6 is 0 Å². The van der Waals surface area contributed by atoms with E-state index < -0.39 is 18.2 Å². The fourth-order valence-corrected chi connectivity index (χ4v) is 5.34. The molecular weight excluding hydrogens is 498 g/mol. The molecule has 0 aromatic carbocycles. The third-order valence-corrected chi connectivity index (χ3v) is 8.12. The van der Waals surface area contributed by atoms with Crippen LogP contribution in [0.3, 0.4) is 0 Å². The maximum Gasteiger partial charge on any atom is 0.220 e. The zero-order valence-electron chi connectivity index (χ0n) is 26.7. The van der Waals surface area contributed by atoms with Crippen LogP contribution in [0.1, 0.15) is 181 Å². The predicted octanol–water partition coefficient (Wildman–Crippen LogP) is 8.92. The van der Waals surface area contributed by atoms with Gasteiger partial charge in [0.2, 0.25) is 5.91 Å². The quantitative estimate of drug-likeness (QED) is 0.0497. The van der Waals surface area contributed by atoms with Crippen LogP contribution in [0.4, 0.5) is 0 Å². The Kier molecular flexibility index (Phi) is 30.3. The minimum Gasteiger partial charge on any atom is -0.394 e. The smallest absolute Gasteiger partial charge is 0.220 e. The monoisotopic (exact) mass is 568 g/mol. The third-order valence-electron chi connectivity index (χ3n) is 8.12. The number of aliphatic hydroxyl groups is 3. The van der Waals surface area contributed by atoms with E-state index in [4.69, 9.17) is 0 Å². The first kappa shape index (κ1) is 39.1. The van der Waals surface area contributed by atoms with Crippen LogP contribution in [0.25, 0.3) is 0 Å². The van der Waals surface area contributed by atoms with Crippen LogP contribution in [0, 0.1) is 0 Å². The summed E-state index contributed by atoms with van der Waals surface area (Å²) in [6, 6.07) is -0.818. The third kappa shape index (κ3) is 26.0. The van der Waals surface area contributed by atoms with Gasteiger partial charge in [-0.2, -0.15) is 0 Å². The number of unbranched alkanes of at least 4 members (excludes halogenated alkanes) is 21. The van der Waals surface area contributed by atoms with Crippen LogP contribution in [-0.2, 0) is 4.79 Å². The summed E-state index contributed by atoms with van der Waals surface area (Å²) in [5, 5.41) is 33.2. The highest BCUT2D eigenvalue weighted by Crippen LogP contribution is 2.14. The fraction of sp³-hybridized carbons (Fsp3) is 0.914. The van der Waals surface area contributed by atoms with Crippen molar-refractivity contribution in [2.24, 2.45) is 0 Å². The summed E-state index contributed by atoms with van der Waals surface area (Å²) in [5.74, 6) is -0.156. The Bertz CT molecular complexity index is 554. The van der Waals surface area contributed by atoms with Gasteiger partial charge < -0.3 is 20.6 Å². The van der Waals surface area contributed by atoms with Gasteiger partial charge in [-0.15, -0.1) is 0 Å². The summed E-state index contributed by atoms with van der Waals surface area (Å²) < 4.78 is 0. The highest BCUT2D eigenvalue weighted by atomic mass is 16.3. The van der Waals surface area contributed by atoms with Crippen LogP contribution in [0.2, 0.25) is 0 Å². The zero-order valence-corrected chi connectivity index (χ0v) is 26.7. The molecule has 0 saturated heterocycles. The highest BCUT2D eigenvalue weighted by molar-refractivity contribution is 5.76. The average molecular weight is 568 g/mol. The Hall–Kier alpha value is -0.910. The van der Waals surface area contributed by atoms with Gasteiger partial charge in [-0.05, 0) is 38.5 Å². The van der Waals surface area contributed by atoms with Crippen molar-refractivity contribution in [2.75, 3.05) is 6.61 Å². The minimum absolute atomic E-state index is 0.156. The molecule has 40 heavy (non-hydrogen) atoms. The molecular formula is C35H69NO4. The van der Waals surface area contributed by atoms with E-state index in [1.54, 1.807) is 0 Å². The Labute approximate surface area is 249 Å². The van der Waals surface area contributed by atoms with E-state index in [1.165, 1.54) is 116 Å². The van der Waals surface area contributed by atoms with E-state index in [9.17, 15) is 20.1 Å². The number of amides is 1. The average Bonchev–Trinajstić information content (AvgIpc) is 2.96. The number of allylic oxidation sites excluding steroid dienone is 2. The Balaban J connectivity index is 3.75. The van der Waals surface area contributed by atoms with Crippen molar-refractivity contribution in [3.63, 3.8) is 0 Å². The predicted molar refractivity (Wildman–Crippen MR) is 172 cm³/mol. The largest absolute Gasteiger partial charge is 0.394 e. The van der Waals surface area contributed by atoms with Gasteiger partial charge >= 0.3 is 0 Å². The van der Waals surface area contributed by atoms with E-state index in [2.05, 4.69) is 31.3 Å². The Morgan fingerprint density at radius 1 is 0.600 bits per heavy atom. The van der Waals surface area contributed by atoms with E-state index in [1.807, 2.05) is 0 Å². The molecule has 0 aliphatic carbocycles. The molecule has 0 aliphatic rings. The molecule has 0 fully saturated rings. The number of carbonyl (C=O) groups is 1. The van der Waals surface area contributed by atoms with Gasteiger partial charge in [-0.25, -0.2) is 0 Å².